The monoisotopic (exact) mass is 275 g/mol. The van der Waals surface area contributed by atoms with E-state index in [0.717, 1.165) is 18.7 Å². The zero-order valence-corrected chi connectivity index (χ0v) is 11.4. The topological polar surface area (TPSA) is 86.7 Å². The van der Waals surface area contributed by atoms with Gasteiger partial charge >= 0.3 is 0 Å². The molecular weight excluding hydrogens is 258 g/mol. The fraction of sp³-hybridized carbons (Fsp3) is 0.455. The summed E-state index contributed by atoms with van der Waals surface area (Å²) in [5, 5.41) is 9.29. The molecule has 1 aromatic carbocycles. The third-order valence-corrected chi connectivity index (χ3v) is 3.10. The Morgan fingerprint density at radius 1 is 1.33 bits per heavy atom. The van der Waals surface area contributed by atoms with Gasteiger partial charge in [-0.25, -0.2) is 8.42 Å². The predicted molar refractivity (Wildman–Crippen MR) is 64.5 cm³/mol. The maximum atomic E-state index is 10.9. The fourth-order valence-electron chi connectivity index (χ4n) is 1.22. The normalized spacial score (nSPS) is 12.4. The third kappa shape index (κ3) is 4.52. The summed E-state index contributed by atoms with van der Waals surface area (Å²) in [5.74, 6) is -0.320. The number of phenolic OH excluding ortho intramolecular Hbond substituents is 1. The second kappa shape index (κ2) is 5.13. The van der Waals surface area contributed by atoms with E-state index in [9.17, 15) is 18.1 Å². The molecule has 0 bridgehead atoms. The molecule has 0 amide bonds. The van der Waals surface area contributed by atoms with Crippen LogP contribution in [0.4, 0.5) is 0 Å². The van der Waals surface area contributed by atoms with Crippen molar-refractivity contribution < 1.29 is 27.3 Å². The molecule has 102 valence electrons. The molecule has 0 unspecified atom stereocenters. The molecular formula is C11H17NO5S. The molecule has 1 aromatic rings. The van der Waals surface area contributed by atoms with Crippen molar-refractivity contribution in [3.8, 4) is 11.5 Å². The Morgan fingerprint density at radius 3 is 2.44 bits per heavy atom. The lowest BCUT2D eigenvalue weighted by molar-refractivity contribution is -0.870. The van der Waals surface area contributed by atoms with Crippen LogP contribution in [0.2, 0.25) is 0 Å². The average molecular weight is 275 g/mol. The predicted octanol–water partition coefficient (Wildman–Crippen LogP) is 0.381. The Labute approximate surface area is 107 Å². The molecule has 18 heavy (non-hydrogen) atoms. The quantitative estimate of drug-likeness (QED) is 0.620. The summed E-state index contributed by atoms with van der Waals surface area (Å²) in [4.78, 5) is -0.662. The Hall–Kier alpha value is -1.31. The molecule has 0 radical (unpaired) electrons. The van der Waals surface area contributed by atoms with Crippen LogP contribution in [0, 0.1) is 0 Å². The number of benzene rings is 1. The summed E-state index contributed by atoms with van der Waals surface area (Å²) in [6, 6.07) is 3.58. The molecule has 6 nitrogen and oxygen atoms in total. The largest absolute Gasteiger partial charge is 0.744 e. The number of quaternary nitrogens is 1. The van der Waals surface area contributed by atoms with Crippen LogP contribution in [-0.4, -0.2) is 56.9 Å². The summed E-state index contributed by atoms with van der Waals surface area (Å²) in [7, 11) is 1.29. The highest BCUT2D eigenvalue weighted by atomic mass is 32.2. The zero-order valence-electron chi connectivity index (χ0n) is 10.6. The van der Waals surface area contributed by atoms with Crippen molar-refractivity contribution in [2.45, 2.75) is 4.90 Å². The van der Waals surface area contributed by atoms with E-state index < -0.39 is 20.8 Å². The summed E-state index contributed by atoms with van der Waals surface area (Å²) in [6.45, 7) is 1.10. The molecule has 0 heterocycles. The van der Waals surface area contributed by atoms with Gasteiger partial charge in [0.15, 0.2) is 0 Å². The van der Waals surface area contributed by atoms with E-state index >= 15 is 0 Å². The minimum absolute atomic E-state index is 0.246. The van der Waals surface area contributed by atoms with Gasteiger partial charge in [0.25, 0.3) is 0 Å². The molecule has 0 aliphatic rings. The Balaban J connectivity index is 2.81. The molecule has 0 saturated heterocycles. The highest BCUT2D eigenvalue weighted by molar-refractivity contribution is 7.85. The van der Waals surface area contributed by atoms with Crippen LogP contribution < -0.4 is 4.74 Å². The highest BCUT2D eigenvalue weighted by Crippen LogP contribution is 2.26. The third-order valence-electron chi connectivity index (χ3n) is 2.23. The SMILES string of the molecule is C[N+](C)(C)CCOc1ccc(O)c(S(=O)(=O)[O-])c1. The van der Waals surface area contributed by atoms with Crippen LogP contribution >= 0.6 is 0 Å². The molecule has 0 aromatic heterocycles. The van der Waals surface area contributed by atoms with Crippen molar-refractivity contribution in [1.29, 1.82) is 0 Å². The molecule has 0 atom stereocenters. The first-order valence-corrected chi connectivity index (χ1v) is 6.72. The van der Waals surface area contributed by atoms with Gasteiger partial charge in [0.1, 0.15) is 34.8 Å². The minimum atomic E-state index is -4.69. The highest BCUT2D eigenvalue weighted by Gasteiger charge is 2.11. The van der Waals surface area contributed by atoms with Crippen molar-refractivity contribution in [3.05, 3.63) is 18.2 Å². The Morgan fingerprint density at radius 2 is 1.94 bits per heavy atom. The summed E-state index contributed by atoms with van der Waals surface area (Å²) >= 11 is 0. The molecule has 0 spiro atoms. The Bertz CT molecular complexity index is 519. The molecule has 0 aliphatic heterocycles. The van der Waals surface area contributed by atoms with Gasteiger partial charge in [-0.05, 0) is 12.1 Å². The van der Waals surface area contributed by atoms with Gasteiger partial charge in [-0.15, -0.1) is 0 Å². The van der Waals surface area contributed by atoms with Gasteiger partial charge in [-0.2, -0.15) is 0 Å². The smallest absolute Gasteiger partial charge is 0.137 e. The summed E-state index contributed by atoms with van der Waals surface area (Å²) in [6.07, 6.45) is 0. The number of aromatic hydroxyl groups is 1. The van der Waals surface area contributed by atoms with Crippen LogP contribution in [0.3, 0.4) is 0 Å². The van der Waals surface area contributed by atoms with Crippen molar-refractivity contribution in [2.75, 3.05) is 34.3 Å². The van der Waals surface area contributed by atoms with Crippen LogP contribution in [0.5, 0.6) is 11.5 Å². The van der Waals surface area contributed by atoms with E-state index in [1.54, 1.807) is 0 Å². The second-order valence-corrected chi connectivity index (χ2v) is 6.29. The lowest BCUT2D eigenvalue weighted by Gasteiger charge is -2.23. The van der Waals surface area contributed by atoms with E-state index in [1.807, 2.05) is 21.1 Å². The molecule has 0 aliphatic carbocycles. The van der Waals surface area contributed by atoms with Crippen LogP contribution in [0.15, 0.2) is 23.1 Å². The van der Waals surface area contributed by atoms with Crippen LogP contribution in [0.25, 0.3) is 0 Å². The zero-order chi connectivity index (χ0) is 14.0. The summed E-state index contributed by atoms with van der Waals surface area (Å²) in [5.41, 5.74) is 0. The van der Waals surface area contributed by atoms with E-state index in [4.69, 9.17) is 4.74 Å². The molecule has 1 N–H and O–H groups in total. The summed E-state index contributed by atoms with van der Waals surface area (Å²) < 4.78 is 38.6. The first-order chi connectivity index (χ1) is 8.09. The van der Waals surface area contributed by atoms with Gasteiger partial charge in [-0.1, -0.05) is 0 Å². The average Bonchev–Trinajstić information content (AvgIpc) is 2.17. The van der Waals surface area contributed by atoms with Crippen molar-refractivity contribution in [3.63, 3.8) is 0 Å². The molecule has 0 saturated carbocycles. The number of hydrogen-bond acceptors (Lipinski definition) is 5. The number of likely N-dealkylation sites (N-methyl/N-ethyl adjacent to an activating group) is 1. The minimum Gasteiger partial charge on any atom is -0.744 e. The van der Waals surface area contributed by atoms with Crippen molar-refractivity contribution in [1.82, 2.24) is 0 Å². The van der Waals surface area contributed by atoms with Gasteiger partial charge in [0, 0.05) is 6.07 Å². The van der Waals surface area contributed by atoms with Crippen LogP contribution in [0.1, 0.15) is 0 Å². The van der Waals surface area contributed by atoms with Gasteiger partial charge < -0.3 is 18.9 Å². The molecule has 1 rings (SSSR count). The maximum absolute atomic E-state index is 10.9. The van der Waals surface area contributed by atoms with Crippen molar-refractivity contribution >= 4 is 10.1 Å². The number of ether oxygens (including phenoxy) is 1. The lowest BCUT2D eigenvalue weighted by Crippen LogP contribution is -2.38. The van der Waals surface area contributed by atoms with E-state index in [0.29, 0.717) is 11.1 Å². The van der Waals surface area contributed by atoms with Crippen LogP contribution in [-0.2, 0) is 10.1 Å². The first-order valence-electron chi connectivity index (χ1n) is 5.32. The second-order valence-electron chi connectivity index (χ2n) is 4.95. The molecule has 7 heteroatoms. The lowest BCUT2D eigenvalue weighted by atomic mass is 10.3. The number of rotatable bonds is 5. The van der Waals surface area contributed by atoms with E-state index in [-0.39, 0.29) is 5.75 Å². The molecule has 0 fully saturated rings. The van der Waals surface area contributed by atoms with Gasteiger partial charge in [0.2, 0.25) is 0 Å². The van der Waals surface area contributed by atoms with E-state index in [1.165, 1.54) is 6.07 Å². The van der Waals surface area contributed by atoms with Gasteiger partial charge in [-0.3, -0.25) is 0 Å². The van der Waals surface area contributed by atoms with Crippen molar-refractivity contribution in [2.24, 2.45) is 0 Å². The maximum Gasteiger partial charge on any atom is 0.137 e. The number of hydrogen-bond donors (Lipinski definition) is 1. The first kappa shape index (κ1) is 14.7. The van der Waals surface area contributed by atoms with Gasteiger partial charge in [0.05, 0.1) is 26.0 Å². The van der Waals surface area contributed by atoms with E-state index in [2.05, 4.69) is 0 Å². The standard InChI is InChI=1S/C11H17NO5S/c1-12(2,3)6-7-17-9-4-5-10(13)11(8-9)18(14,15)16/h4-5,8H,6-7H2,1-3H3,(H-,13,14,15,16). The Kier molecular flexibility index (Phi) is 4.20. The number of nitrogens with zero attached hydrogens (tertiary/aromatic N) is 1. The fourth-order valence-corrected chi connectivity index (χ4v) is 1.81. The number of phenols is 1.